The van der Waals surface area contributed by atoms with Gasteiger partial charge in [0.2, 0.25) is 0 Å². The molecule has 8 nitrogen and oxygen atoms in total. The molecule has 0 atom stereocenters. The van der Waals surface area contributed by atoms with Crippen molar-refractivity contribution >= 4 is 191 Å². The molecule has 2 aromatic heterocycles. The van der Waals surface area contributed by atoms with E-state index in [2.05, 4.69) is 25.3 Å². The summed E-state index contributed by atoms with van der Waals surface area (Å²) in [6, 6.07) is 23.1. The topological polar surface area (TPSA) is 106 Å². The van der Waals surface area contributed by atoms with Crippen LogP contribution in [0.2, 0.25) is 0 Å². The average Bonchev–Trinajstić information content (AvgIpc) is 3.73. The van der Waals surface area contributed by atoms with E-state index >= 15 is 0 Å². The van der Waals surface area contributed by atoms with Crippen LogP contribution in [-0.4, -0.2) is 148 Å². The third-order valence-corrected chi connectivity index (χ3v) is 8.98. The molecule has 5 heterocycles. The SMILES string of the molecule is Sc1ccc2c(c1)-c1nc-2nc2[n-]c(nc3nc([n-]c4nc(n1)-c1cccc(S)c1-4)-c1cccc(S)c1-3)c1ccc(S)cc21.[Cu+2].[Na].[Na].[Na].[Na]. The smallest absolute Gasteiger partial charge is 0.357 e. The van der Waals surface area contributed by atoms with Gasteiger partial charge in [-0.3, -0.25) is 0 Å². The molecule has 0 N–H and O–H groups in total. The third kappa shape index (κ3) is 7.35. The average molecular weight is 796 g/mol. The number of fused-ring (bicyclic) bond motifs is 20. The molecule has 0 amide bonds. The molecule has 0 aliphatic carbocycles. The monoisotopic (exact) mass is 795 g/mol. The largest absolute Gasteiger partial charge is 2.00 e. The van der Waals surface area contributed by atoms with Gasteiger partial charge in [-0.05, 0) is 52.7 Å². The molecule has 4 aromatic carbocycles. The Hall–Kier alpha value is 0.159. The molecular weight excluding hydrogens is 780 g/mol. The Balaban J connectivity index is 0.00000108. The summed E-state index contributed by atoms with van der Waals surface area (Å²) in [5.41, 5.74) is 5.66. The van der Waals surface area contributed by atoms with Crippen LogP contribution in [0.3, 0.4) is 0 Å². The number of nitrogens with zero attached hydrogens (tertiary/aromatic N) is 8. The second-order valence-corrected chi connectivity index (χ2v) is 12.3. The Morgan fingerprint density at radius 1 is 0.429 bits per heavy atom. The van der Waals surface area contributed by atoms with Crippen molar-refractivity contribution < 1.29 is 17.1 Å². The van der Waals surface area contributed by atoms with Gasteiger partial charge in [0.1, 0.15) is 0 Å². The number of aromatic nitrogens is 8. The minimum atomic E-state index is 0. The summed E-state index contributed by atoms with van der Waals surface area (Å²) in [5.74, 6) is 2.76. The molecular formula is C32H16CuN8Na4S4. The third-order valence-electron chi connectivity index (χ3n) is 7.68. The molecule has 49 heavy (non-hydrogen) atoms. The number of thiol groups is 4. The fraction of sp³-hybridized carbons (Fsp3) is 0. The predicted octanol–water partition coefficient (Wildman–Crippen LogP) is 5.66. The van der Waals surface area contributed by atoms with Crippen LogP contribution in [0, 0.1) is 0 Å². The van der Waals surface area contributed by atoms with Crippen LogP contribution in [0.25, 0.3) is 90.4 Å². The maximum atomic E-state index is 4.97. The zero-order valence-corrected chi connectivity index (χ0v) is 39.1. The van der Waals surface area contributed by atoms with Crippen LogP contribution in [0.5, 0.6) is 0 Å². The Morgan fingerprint density at radius 3 is 1.76 bits per heavy atom. The first-order valence-corrected chi connectivity index (χ1v) is 15.2. The first kappa shape index (κ1) is 41.9. The van der Waals surface area contributed by atoms with Gasteiger partial charge < -0.3 is 29.9 Å². The van der Waals surface area contributed by atoms with E-state index in [0.29, 0.717) is 46.2 Å². The quantitative estimate of drug-likeness (QED) is 0.115. The Kier molecular flexibility index (Phi) is 14.3. The normalized spacial score (nSPS) is 10.9. The molecule has 0 unspecified atom stereocenters. The van der Waals surface area contributed by atoms with E-state index in [4.69, 9.17) is 65.1 Å². The Labute approximate surface area is 402 Å². The van der Waals surface area contributed by atoms with Gasteiger partial charge in [-0.2, -0.15) is 0 Å². The van der Waals surface area contributed by atoms with Crippen molar-refractivity contribution in [3.05, 3.63) is 72.8 Å². The minimum Gasteiger partial charge on any atom is -0.357 e. The summed E-state index contributed by atoms with van der Waals surface area (Å²) in [6.45, 7) is 0. The summed E-state index contributed by atoms with van der Waals surface area (Å²) in [6.07, 6.45) is 0. The van der Waals surface area contributed by atoms with Crippen molar-refractivity contribution in [1.82, 2.24) is 39.9 Å². The molecule has 0 saturated heterocycles. The van der Waals surface area contributed by atoms with Crippen molar-refractivity contribution in [3.63, 3.8) is 0 Å². The van der Waals surface area contributed by atoms with Gasteiger partial charge in [-0.15, -0.1) is 50.5 Å². The van der Waals surface area contributed by atoms with Crippen molar-refractivity contribution in [2.45, 2.75) is 19.6 Å². The summed E-state index contributed by atoms with van der Waals surface area (Å²) in [4.78, 5) is 42.4. The Bertz CT molecular complexity index is 2490. The first-order chi connectivity index (χ1) is 21.4. The zero-order valence-electron chi connectivity index (χ0n) is 26.6. The van der Waals surface area contributed by atoms with Gasteiger partial charge >= 0.3 is 17.1 Å². The van der Waals surface area contributed by atoms with Crippen LogP contribution in [0.4, 0.5) is 0 Å². The standard InChI is InChI=1S/C32H16N8S4.Cu.4Na/c41-13-7-9-15-19(11-13)30-34-25(15)33-29-20-12-14(42)8-10-16(20)26(35-29)37-31-24-18(4-2-6-22(24)44)28(39-31)40-32-23-17(27(36-30)38-32)3-1-5-21(23)43;;;;;/h1-12H,(H4-2,33,34,35,36,37,38,39,40,41,42,43,44);;;;;/q-2;+2;;;;. The maximum absolute atomic E-state index is 4.97. The van der Waals surface area contributed by atoms with Crippen LogP contribution < -0.4 is 9.97 Å². The van der Waals surface area contributed by atoms with Crippen LogP contribution >= 0.6 is 50.5 Å². The molecule has 0 fully saturated rings. The van der Waals surface area contributed by atoms with Gasteiger partial charge in [-0.1, -0.05) is 36.4 Å². The fourth-order valence-electron chi connectivity index (χ4n) is 5.70. The van der Waals surface area contributed by atoms with Crippen molar-refractivity contribution in [2.75, 3.05) is 0 Å². The molecule has 5 radical (unpaired) electrons. The second kappa shape index (κ2) is 16.7. The van der Waals surface area contributed by atoms with Gasteiger partial charge in [0.05, 0.1) is 11.6 Å². The van der Waals surface area contributed by atoms with Crippen molar-refractivity contribution in [2.24, 2.45) is 0 Å². The van der Waals surface area contributed by atoms with E-state index in [1.54, 1.807) is 0 Å². The van der Waals surface area contributed by atoms with E-state index in [9.17, 15) is 0 Å². The van der Waals surface area contributed by atoms with Gasteiger partial charge in [0.15, 0.2) is 5.82 Å². The first-order valence-electron chi connectivity index (χ1n) is 13.4. The molecule has 0 saturated carbocycles. The zero-order chi connectivity index (χ0) is 29.7. The fourth-order valence-corrected chi connectivity index (χ4v) is 6.72. The van der Waals surface area contributed by atoms with E-state index < -0.39 is 0 Å². The number of hydrogen-bond donors (Lipinski definition) is 4. The van der Waals surface area contributed by atoms with Crippen molar-refractivity contribution in [1.29, 1.82) is 0 Å². The minimum absolute atomic E-state index is 0. The molecule has 223 valence electrons. The van der Waals surface area contributed by atoms with Crippen LogP contribution in [0.1, 0.15) is 0 Å². The maximum Gasteiger partial charge on any atom is 2.00 e. The van der Waals surface area contributed by atoms with Gasteiger partial charge in [-0.25, -0.2) is 9.97 Å². The summed E-state index contributed by atoms with van der Waals surface area (Å²) in [5, 5.41) is 1.60. The summed E-state index contributed by atoms with van der Waals surface area (Å²) < 4.78 is 0. The molecule has 0 spiro atoms. The molecule has 6 aromatic rings. The van der Waals surface area contributed by atoms with Gasteiger partial charge in [0.25, 0.3) is 0 Å². The van der Waals surface area contributed by atoms with E-state index in [-0.39, 0.29) is 135 Å². The van der Waals surface area contributed by atoms with E-state index in [1.807, 2.05) is 72.8 Å². The number of rotatable bonds is 0. The second-order valence-electron chi connectivity index (χ2n) is 10.3. The molecule has 17 heteroatoms. The van der Waals surface area contributed by atoms with Crippen LogP contribution in [0.15, 0.2) is 92.4 Å². The molecule has 8 bridgehead atoms. The predicted molar refractivity (Wildman–Crippen MR) is 204 cm³/mol. The van der Waals surface area contributed by atoms with E-state index in [1.165, 1.54) is 0 Å². The van der Waals surface area contributed by atoms with Gasteiger partial charge in [0, 0.05) is 194 Å². The molecule has 9 rings (SSSR count). The Morgan fingerprint density at radius 2 is 1.00 bits per heavy atom. The van der Waals surface area contributed by atoms with Crippen molar-refractivity contribution in [3.8, 4) is 68.3 Å². The molecule has 3 aliphatic heterocycles. The summed E-state index contributed by atoms with van der Waals surface area (Å²) in [7, 11) is 0. The van der Waals surface area contributed by atoms with Crippen LogP contribution in [-0.2, 0) is 17.1 Å². The number of hydrogen-bond acceptors (Lipinski definition) is 10. The summed E-state index contributed by atoms with van der Waals surface area (Å²) >= 11 is 18.7. The molecule has 3 aliphatic rings. The number of benzene rings is 4. The van der Waals surface area contributed by atoms with E-state index in [0.717, 1.165) is 63.7 Å².